The van der Waals surface area contributed by atoms with Gasteiger partial charge < -0.3 is 14.5 Å². The number of esters is 1. The van der Waals surface area contributed by atoms with Crippen LogP contribution in [0.15, 0.2) is 9.64 Å². The molecule has 0 aromatic carbocycles. The maximum absolute atomic E-state index is 11.7. The molecule has 1 atom stereocenters. The first-order valence-electron chi connectivity index (χ1n) is 5.88. The monoisotopic (exact) mass is 273 g/mol. The first-order valence-corrected chi connectivity index (χ1v) is 6.87. The summed E-state index contributed by atoms with van der Waals surface area (Å²) < 4.78 is 10.3. The lowest BCUT2D eigenvalue weighted by Crippen LogP contribution is -2.43. The highest BCUT2D eigenvalue weighted by molar-refractivity contribution is 7.99. The number of hydrogen-bond acceptors (Lipinski definition) is 7. The third-order valence-corrected chi connectivity index (χ3v) is 2.90. The number of carbonyl (C=O) groups is 1. The van der Waals surface area contributed by atoms with Gasteiger partial charge in [0.15, 0.2) is 0 Å². The molecule has 0 aliphatic heterocycles. The van der Waals surface area contributed by atoms with Gasteiger partial charge in [-0.3, -0.25) is 4.79 Å². The minimum Gasteiger partial charge on any atom is -0.465 e. The number of ether oxygens (including phenoxy) is 1. The van der Waals surface area contributed by atoms with Crippen molar-refractivity contribution in [2.45, 2.75) is 45.0 Å². The van der Waals surface area contributed by atoms with Crippen molar-refractivity contribution in [3.8, 4) is 0 Å². The summed E-state index contributed by atoms with van der Waals surface area (Å²) in [5.41, 5.74) is 0. The molecule has 0 saturated heterocycles. The molecule has 1 unspecified atom stereocenters. The van der Waals surface area contributed by atoms with E-state index < -0.39 is 0 Å². The Balaban J connectivity index is 2.52. The Bertz CT molecular complexity index is 381. The zero-order chi connectivity index (χ0) is 13.5. The van der Waals surface area contributed by atoms with Crippen LogP contribution in [-0.2, 0) is 9.53 Å². The predicted molar refractivity (Wildman–Crippen MR) is 68.5 cm³/mol. The lowest BCUT2D eigenvalue weighted by molar-refractivity contribution is -0.145. The minimum atomic E-state index is -0.373. The van der Waals surface area contributed by atoms with E-state index in [4.69, 9.17) is 9.15 Å². The summed E-state index contributed by atoms with van der Waals surface area (Å²) in [4.78, 5) is 11.7. The Kier molecular flexibility index (Phi) is 6.14. The van der Waals surface area contributed by atoms with Crippen molar-refractivity contribution in [2.24, 2.45) is 0 Å². The second-order valence-corrected chi connectivity index (χ2v) is 5.00. The zero-order valence-electron chi connectivity index (χ0n) is 11.1. The highest BCUT2D eigenvalue weighted by atomic mass is 32.2. The second-order valence-electron chi connectivity index (χ2n) is 4.02. The van der Waals surface area contributed by atoms with Crippen LogP contribution < -0.4 is 5.32 Å². The van der Waals surface area contributed by atoms with Crippen LogP contribution in [-0.4, -0.2) is 40.6 Å². The fourth-order valence-corrected chi connectivity index (χ4v) is 2.14. The first kappa shape index (κ1) is 15.0. The normalized spacial score (nSPS) is 12.7. The average Bonchev–Trinajstić information content (AvgIpc) is 2.70. The van der Waals surface area contributed by atoms with Gasteiger partial charge in [-0.15, -0.1) is 10.2 Å². The Labute approximate surface area is 111 Å². The van der Waals surface area contributed by atoms with Crippen LogP contribution in [0.25, 0.3) is 0 Å². The molecule has 7 heteroatoms. The van der Waals surface area contributed by atoms with E-state index in [9.17, 15) is 4.79 Å². The molecule has 102 valence electrons. The number of rotatable bonds is 7. The van der Waals surface area contributed by atoms with E-state index in [0.717, 1.165) is 0 Å². The van der Waals surface area contributed by atoms with E-state index in [1.807, 2.05) is 13.8 Å². The number of carbonyl (C=O) groups excluding carboxylic acids is 1. The molecule has 0 bridgehead atoms. The highest BCUT2D eigenvalue weighted by Gasteiger charge is 2.21. The predicted octanol–water partition coefficient (Wildman–Crippen LogP) is 1.40. The molecule has 1 aromatic heterocycles. The standard InChI is InChI=1S/C11H19N3O3S/c1-5-16-10(15)9(12-7(2)3)6-18-11-14-13-8(4)17-11/h7,9,12H,5-6H2,1-4H3. The molecule has 0 fully saturated rings. The van der Waals surface area contributed by atoms with Gasteiger partial charge in [0.1, 0.15) is 6.04 Å². The Hall–Kier alpha value is -1.08. The summed E-state index contributed by atoms with van der Waals surface area (Å²) in [5.74, 6) is 0.760. The van der Waals surface area contributed by atoms with Crippen LogP contribution >= 0.6 is 11.8 Å². The molecule has 0 aliphatic rings. The van der Waals surface area contributed by atoms with Crippen LogP contribution in [0.2, 0.25) is 0 Å². The number of aryl methyl sites for hydroxylation is 1. The molecule has 0 aliphatic carbocycles. The molecule has 1 aromatic rings. The summed E-state index contributed by atoms with van der Waals surface area (Å²) in [5, 5.41) is 11.2. The zero-order valence-corrected chi connectivity index (χ0v) is 11.9. The van der Waals surface area contributed by atoms with Gasteiger partial charge >= 0.3 is 5.97 Å². The van der Waals surface area contributed by atoms with Crippen molar-refractivity contribution in [1.82, 2.24) is 15.5 Å². The first-order chi connectivity index (χ1) is 8.52. The van der Waals surface area contributed by atoms with Gasteiger partial charge in [-0.2, -0.15) is 0 Å². The van der Waals surface area contributed by atoms with E-state index in [2.05, 4.69) is 15.5 Å². The highest BCUT2D eigenvalue weighted by Crippen LogP contribution is 2.17. The van der Waals surface area contributed by atoms with Crippen molar-refractivity contribution >= 4 is 17.7 Å². The molecule has 1 N–H and O–H groups in total. The van der Waals surface area contributed by atoms with Gasteiger partial charge in [0, 0.05) is 18.7 Å². The van der Waals surface area contributed by atoms with Crippen molar-refractivity contribution < 1.29 is 13.9 Å². The smallest absolute Gasteiger partial charge is 0.324 e. The van der Waals surface area contributed by atoms with Gasteiger partial charge in [-0.1, -0.05) is 25.6 Å². The SMILES string of the molecule is CCOC(=O)C(CSc1nnc(C)o1)NC(C)C. The molecular formula is C11H19N3O3S. The average molecular weight is 273 g/mol. The van der Waals surface area contributed by atoms with Crippen LogP contribution in [0.1, 0.15) is 26.7 Å². The number of aromatic nitrogens is 2. The van der Waals surface area contributed by atoms with Crippen molar-refractivity contribution in [3.63, 3.8) is 0 Å². The summed E-state index contributed by atoms with van der Waals surface area (Å²) in [6.07, 6.45) is 0. The number of nitrogens with one attached hydrogen (secondary N) is 1. The Morgan fingerprint density at radius 1 is 1.50 bits per heavy atom. The molecule has 0 spiro atoms. The topological polar surface area (TPSA) is 77.2 Å². The van der Waals surface area contributed by atoms with E-state index >= 15 is 0 Å². The lowest BCUT2D eigenvalue weighted by Gasteiger charge is -2.18. The van der Waals surface area contributed by atoms with Crippen molar-refractivity contribution in [3.05, 3.63) is 5.89 Å². The molecule has 0 amide bonds. The summed E-state index contributed by atoms with van der Waals surface area (Å²) >= 11 is 1.34. The summed E-state index contributed by atoms with van der Waals surface area (Å²) in [6, 6.07) is -0.174. The van der Waals surface area contributed by atoms with Crippen molar-refractivity contribution in [1.29, 1.82) is 0 Å². The quantitative estimate of drug-likeness (QED) is 0.594. The molecule has 0 saturated carbocycles. The van der Waals surface area contributed by atoms with Crippen LogP contribution in [0.5, 0.6) is 0 Å². The van der Waals surface area contributed by atoms with Crippen LogP contribution in [0.3, 0.4) is 0 Å². The molecular weight excluding hydrogens is 254 g/mol. The molecule has 1 heterocycles. The lowest BCUT2D eigenvalue weighted by atomic mass is 10.3. The largest absolute Gasteiger partial charge is 0.465 e. The van der Waals surface area contributed by atoms with Gasteiger partial charge in [-0.25, -0.2) is 0 Å². The summed E-state index contributed by atoms with van der Waals surface area (Å²) in [7, 11) is 0. The number of hydrogen-bond donors (Lipinski definition) is 1. The molecule has 6 nitrogen and oxygen atoms in total. The molecule has 1 rings (SSSR count). The number of thioether (sulfide) groups is 1. The van der Waals surface area contributed by atoms with E-state index in [1.165, 1.54) is 11.8 Å². The van der Waals surface area contributed by atoms with E-state index in [0.29, 0.717) is 23.5 Å². The second kappa shape index (κ2) is 7.38. The third-order valence-electron chi connectivity index (χ3n) is 1.99. The summed E-state index contributed by atoms with van der Waals surface area (Å²) in [6.45, 7) is 7.85. The van der Waals surface area contributed by atoms with Gasteiger partial charge in [-0.05, 0) is 6.92 Å². The Morgan fingerprint density at radius 2 is 2.22 bits per heavy atom. The van der Waals surface area contributed by atoms with Crippen molar-refractivity contribution in [2.75, 3.05) is 12.4 Å². The molecule has 18 heavy (non-hydrogen) atoms. The van der Waals surface area contributed by atoms with E-state index in [-0.39, 0.29) is 18.1 Å². The minimum absolute atomic E-state index is 0.199. The van der Waals surface area contributed by atoms with Gasteiger partial charge in [0.25, 0.3) is 5.22 Å². The fraction of sp³-hybridized carbons (Fsp3) is 0.727. The number of nitrogens with zero attached hydrogens (tertiary/aromatic N) is 2. The maximum Gasteiger partial charge on any atom is 0.324 e. The van der Waals surface area contributed by atoms with E-state index in [1.54, 1.807) is 13.8 Å². The van der Waals surface area contributed by atoms with Crippen LogP contribution in [0, 0.1) is 6.92 Å². The maximum atomic E-state index is 11.7. The molecule has 0 radical (unpaired) electrons. The van der Waals surface area contributed by atoms with Gasteiger partial charge in [0.2, 0.25) is 5.89 Å². The third kappa shape index (κ3) is 5.05. The Morgan fingerprint density at radius 3 is 2.72 bits per heavy atom. The van der Waals surface area contributed by atoms with Gasteiger partial charge in [0.05, 0.1) is 6.61 Å². The fourth-order valence-electron chi connectivity index (χ4n) is 1.32. The van der Waals surface area contributed by atoms with Crippen LogP contribution in [0.4, 0.5) is 0 Å².